The third-order valence-electron chi connectivity index (χ3n) is 5.39. The van der Waals surface area contributed by atoms with Gasteiger partial charge in [0.2, 0.25) is 5.91 Å². The number of alkyl carbamates (subject to hydrolysis) is 1. The predicted octanol–water partition coefficient (Wildman–Crippen LogP) is 1.23. The molecule has 0 fully saturated rings. The topological polar surface area (TPSA) is 145 Å². The van der Waals surface area contributed by atoms with Gasteiger partial charge in [0.1, 0.15) is 12.6 Å². The van der Waals surface area contributed by atoms with E-state index < -0.39 is 43.3 Å². The standard InChI is InChI=1S/C23H26N2O7/c26-11-14(12-27)24-22(30)20(9-10-21(28)29)25-23(31)32-13-19-17-7-3-1-5-15(17)16-6-2-4-8-18(16)19/h1-8,14,19-20,26-27H,9-13H2,(H,24,30)(H,25,31)(H,28,29). The van der Waals surface area contributed by atoms with Crippen LogP contribution in [0.15, 0.2) is 48.5 Å². The molecule has 1 aliphatic rings. The second-order valence-corrected chi connectivity index (χ2v) is 7.53. The number of amides is 2. The van der Waals surface area contributed by atoms with Crippen LogP contribution >= 0.6 is 0 Å². The number of nitrogens with one attached hydrogen (secondary N) is 2. The average Bonchev–Trinajstić information content (AvgIpc) is 3.12. The van der Waals surface area contributed by atoms with Crippen LogP contribution in [0.1, 0.15) is 29.9 Å². The Morgan fingerprint density at radius 2 is 1.47 bits per heavy atom. The Kier molecular flexibility index (Phi) is 7.80. The molecule has 0 radical (unpaired) electrons. The summed E-state index contributed by atoms with van der Waals surface area (Å²) in [5.41, 5.74) is 4.23. The van der Waals surface area contributed by atoms with E-state index in [1.54, 1.807) is 0 Å². The summed E-state index contributed by atoms with van der Waals surface area (Å²) in [5.74, 6) is -2.00. The van der Waals surface area contributed by atoms with Gasteiger partial charge in [-0.2, -0.15) is 0 Å². The summed E-state index contributed by atoms with van der Waals surface area (Å²) in [6.45, 7) is -0.958. The summed E-state index contributed by atoms with van der Waals surface area (Å²) in [6, 6.07) is 13.6. The van der Waals surface area contributed by atoms with E-state index >= 15 is 0 Å². The van der Waals surface area contributed by atoms with Crippen LogP contribution in [0.4, 0.5) is 4.79 Å². The van der Waals surface area contributed by atoms with E-state index in [0.29, 0.717) is 0 Å². The van der Waals surface area contributed by atoms with Crippen LogP contribution in [-0.2, 0) is 14.3 Å². The third kappa shape index (κ3) is 5.43. The molecule has 2 amide bonds. The summed E-state index contributed by atoms with van der Waals surface area (Å²) < 4.78 is 5.41. The van der Waals surface area contributed by atoms with E-state index in [9.17, 15) is 14.4 Å². The van der Waals surface area contributed by atoms with Crippen LogP contribution in [-0.4, -0.2) is 65.2 Å². The highest BCUT2D eigenvalue weighted by atomic mass is 16.5. The number of ether oxygens (including phenoxy) is 1. The molecule has 0 aliphatic heterocycles. The van der Waals surface area contributed by atoms with Gasteiger partial charge >= 0.3 is 12.1 Å². The van der Waals surface area contributed by atoms with Gasteiger partial charge in [-0.05, 0) is 28.7 Å². The maximum atomic E-state index is 12.4. The second kappa shape index (κ2) is 10.7. The highest BCUT2D eigenvalue weighted by molar-refractivity contribution is 5.86. The summed E-state index contributed by atoms with van der Waals surface area (Å²) in [4.78, 5) is 35.8. The summed E-state index contributed by atoms with van der Waals surface area (Å²) in [6.07, 6.45) is -1.39. The molecule has 0 aromatic heterocycles. The number of hydrogen-bond donors (Lipinski definition) is 5. The molecule has 5 N–H and O–H groups in total. The van der Waals surface area contributed by atoms with Crippen LogP contribution in [0.2, 0.25) is 0 Å². The number of aliphatic carboxylic acids is 1. The fourth-order valence-corrected chi connectivity index (χ4v) is 3.77. The first kappa shape index (κ1) is 23.2. The average molecular weight is 442 g/mol. The molecule has 1 atom stereocenters. The zero-order valence-electron chi connectivity index (χ0n) is 17.4. The molecule has 9 heteroatoms. The molecule has 32 heavy (non-hydrogen) atoms. The van der Waals surface area contributed by atoms with Gasteiger partial charge in [-0.25, -0.2) is 4.79 Å². The SMILES string of the molecule is O=C(O)CCC(NC(=O)OCC1c2ccccc2-c2ccccc21)C(=O)NC(CO)CO. The first-order valence-corrected chi connectivity index (χ1v) is 10.3. The molecule has 0 heterocycles. The first-order valence-electron chi connectivity index (χ1n) is 10.3. The number of benzene rings is 2. The van der Waals surface area contributed by atoms with Crippen LogP contribution in [0.3, 0.4) is 0 Å². The number of aliphatic hydroxyl groups excluding tert-OH is 2. The van der Waals surface area contributed by atoms with Gasteiger partial charge in [-0.3, -0.25) is 9.59 Å². The van der Waals surface area contributed by atoms with Crippen molar-refractivity contribution in [2.45, 2.75) is 30.8 Å². The number of hydrogen-bond acceptors (Lipinski definition) is 6. The van der Waals surface area contributed by atoms with Gasteiger partial charge < -0.3 is 30.7 Å². The van der Waals surface area contributed by atoms with Crippen molar-refractivity contribution in [3.63, 3.8) is 0 Å². The van der Waals surface area contributed by atoms with Crippen LogP contribution in [0.25, 0.3) is 11.1 Å². The minimum Gasteiger partial charge on any atom is -0.481 e. The number of carbonyl (C=O) groups is 3. The minimum absolute atomic E-state index is 0.0447. The monoisotopic (exact) mass is 442 g/mol. The molecular weight excluding hydrogens is 416 g/mol. The number of carbonyl (C=O) groups excluding carboxylic acids is 2. The predicted molar refractivity (Wildman–Crippen MR) is 115 cm³/mol. The van der Waals surface area contributed by atoms with Gasteiger partial charge in [0.25, 0.3) is 0 Å². The highest BCUT2D eigenvalue weighted by Gasteiger charge is 2.30. The lowest BCUT2D eigenvalue weighted by atomic mass is 9.98. The van der Waals surface area contributed by atoms with Crippen LogP contribution in [0.5, 0.6) is 0 Å². The largest absolute Gasteiger partial charge is 0.481 e. The molecule has 0 spiro atoms. The van der Waals surface area contributed by atoms with Crippen molar-refractivity contribution in [3.05, 3.63) is 59.7 Å². The van der Waals surface area contributed by atoms with Gasteiger partial charge in [0.15, 0.2) is 0 Å². The van der Waals surface area contributed by atoms with E-state index in [0.717, 1.165) is 22.3 Å². The van der Waals surface area contributed by atoms with Crippen molar-refractivity contribution in [3.8, 4) is 11.1 Å². The molecule has 0 saturated carbocycles. The molecule has 3 rings (SSSR count). The Labute approximate surface area is 185 Å². The minimum atomic E-state index is -1.19. The van der Waals surface area contributed by atoms with Crippen molar-refractivity contribution in [2.75, 3.05) is 19.8 Å². The smallest absolute Gasteiger partial charge is 0.407 e. The molecule has 1 aliphatic carbocycles. The van der Waals surface area contributed by atoms with Crippen molar-refractivity contribution in [1.29, 1.82) is 0 Å². The van der Waals surface area contributed by atoms with E-state index in [-0.39, 0.29) is 25.4 Å². The van der Waals surface area contributed by atoms with Crippen LogP contribution in [0, 0.1) is 0 Å². The number of carboxylic acid groups (broad SMARTS) is 1. The van der Waals surface area contributed by atoms with E-state index in [4.69, 9.17) is 20.1 Å². The lowest BCUT2D eigenvalue weighted by Gasteiger charge is -2.21. The van der Waals surface area contributed by atoms with Crippen molar-refractivity contribution < 1.29 is 34.4 Å². The number of fused-ring (bicyclic) bond motifs is 3. The molecule has 9 nitrogen and oxygen atoms in total. The number of rotatable bonds is 10. The fourth-order valence-electron chi connectivity index (χ4n) is 3.77. The quantitative estimate of drug-likeness (QED) is 0.372. The Balaban J connectivity index is 1.66. The second-order valence-electron chi connectivity index (χ2n) is 7.53. The van der Waals surface area contributed by atoms with E-state index in [2.05, 4.69) is 10.6 Å². The number of aliphatic hydroxyl groups is 2. The molecule has 2 aromatic rings. The molecule has 0 saturated heterocycles. The van der Waals surface area contributed by atoms with Gasteiger partial charge in [-0.1, -0.05) is 48.5 Å². The maximum Gasteiger partial charge on any atom is 0.407 e. The molecule has 0 bridgehead atoms. The third-order valence-corrected chi connectivity index (χ3v) is 5.39. The first-order chi connectivity index (χ1) is 15.4. The molecule has 170 valence electrons. The van der Waals surface area contributed by atoms with Crippen molar-refractivity contribution >= 4 is 18.0 Å². The summed E-state index contributed by atoms with van der Waals surface area (Å²) >= 11 is 0. The Morgan fingerprint density at radius 1 is 0.906 bits per heavy atom. The summed E-state index contributed by atoms with van der Waals surface area (Å²) in [7, 11) is 0. The highest BCUT2D eigenvalue weighted by Crippen LogP contribution is 2.44. The van der Waals surface area contributed by atoms with Crippen molar-refractivity contribution in [2.24, 2.45) is 0 Å². The normalized spacial score (nSPS) is 13.2. The Bertz CT molecular complexity index is 929. The number of carboxylic acids is 1. The lowest BCUT2D eigenvalue weighted by molar-refractivity contribution is -0.137. The molecular formula is C23H26N2O7. The zero-order chi connectivity index (χ0) is 23.1. The van der Waals surface area contributed by atoms with Crippen LogP contribution < -0.4 is 10.6 Å². The fraction of sp³-hybridized carbons (Fsp3) is 0.348. The van der Waals surface area contributed by atoms with Gasteiger partial charge in [0.05, 0.1) is 19.3 Å². The van der Waals surface area contributed by atoms with E-state index in [1.807, 2.05) is 48.5 Å². The molecule has 2 aromatic carbocycles. The summed E-state index contributed by atoms with van der Waals surface area (Å²) in [5, 5.41) is 32.0. The zero-order valence-corrected chi connectivity index (χ0v) is 17.4. The maximum absolute atomic E-state index is 12.4. The van der Waals surface area contributed by atoms with E-state index in [1.165, 1.54) is 0 Å². The Hall–Kier alpha value is -3.43. The lowest BCUT2D eigenvalue weighted by Crippen LogP contribution is -2.51. The Morgan fingerprint density at radius 3 is 2.00 bits per heavy atom. The van der Waals surface area contributed by atoms with Crippen molar-refractivity contribution in [1.82, 2.24) is 10.6 Å². The van der Waals surface area contributed by atoms with Gasteiger partial charge in [0, 0.05) is 12.3 Å². The molecule has 1 unspecified atom stereocenters. The van der Waals surface area contributed by atoms with Gasteiger partial charge in [-0.15, -0.1) is 0 Å².